The second kappa shape index (κ2) is 8.07. The molecule has 0 aliphatic carbocycles. The average molecular weight is 379 g/mol. The molecular weight excluding hydrogens is 356 g/mol. The smallest absolute Gasteiger partial charge is 0.244 e. The fraction of sp³-hybridized carbons (Fsp3) is 0.615. The van der Waals surface area contributed by atoms with Gasteiger partial charge < -0.3 is 10.2 Å². The van der Waals surface area contributed by atoms with Crippen molar-refractivity contribution in [3.8, 4) is 0 Å². The van der Waals surface area contributed by atoms with Crippen molar-refractivity contribution >= 4 is 31.8 Å². The Bertz CT molecular complexity index is 563. The lowest BCUT2D eigenvalue weighted by molar-refractivity contribution is 0.271. The molecule has 6 nitrogen and oxygen atoms in total. The van der Waals surface area contributed by atoms with Gasteiger partial charge in [-0.2, -0.15) is 0 Å². The van der Waals surface area contributed by atoms with Gasteiger partial charge in [0.25, 0.3) is 0 Å². The van der Waals surface area contributed by atoms with E-state index in [9.17, 15) is 8.42 Å². The van der Waals surface area contributed by atoms with Crippen molar-refractivity contribution in [2.24, 2.45) is 0 Å². The molecule has 0 aliphatic rings. The molecule has 1 heterocycles. The van der Waals surface area contributed by atoms with Crippen LogP contribution in [0.4, 0.5) is 5.82 Å². The first-order valence-corrected chi connectivity index (χ1v) is 9.08. The Morgan fingerprint density at radius 3 is 2.67 bits per heavy atom. The number of sulfonamides is 1. The van der Waals surface area contributed by atoms with E-state index in [1.165, 1.54) is 0 Å². The molecular formula is C13H23BrN4O2S. The van der Waals surface area contributed by atoms with E-state index in [4.69, 9.17) is 0 Å². The van der Waals surface area contributed by atoms with Crippen LogP contribution >= 0.6 is 15.9 Å². The van der Waals surface area contributed by atoms with E-state index in [2.05, 4.69) is 49.7 Å². The molecule has 0 spiro atoms. The van der Waals surface area contributed by atoms with Crippen molar-refractivity contribution in [2.75, 3.05) is 32.5 Å². The molecule has 1 aromatic rings. The number of nitrogens with one attached hydrogen (secondary N) is 2. The Balaban J connectivity index is 2.68. The van der Waals surface area contributed by atoms with Gasteiger partial charge >= 0.3 is 0 Å². The summed E-state index contributed by atoms with van der Waals surface area (Å²) < 4.78 is 27.9. The molecule has 0 radical (unpaired) electrons. The van der Waals surface area contributed by atoms with Crippen molar-refractivity contribution in [3.05, 3.63) is 16.7 Å². The summed E-state index contributed by atoms with van der Waals surface area (Å²) in [5.41, 5.74) is 0. The molecule has 0 bridgehead atoms. The monoisotopic (exact) mass is 378 g/mol. The van der Waals surface area contributed by atoms with Crippen LogP contribution in [0.25, 0.3) is 0 Å². The highest BCUT2D eigenvalue weighted by Gasteiger charge is 2.19. The molecule has 2 N–H and O–H groups in total. The third-order valence-electron chi connectivity index (χ3n) is 3.21. The maximum absolute atomic E-state index is 12.3. The zero-order valence-corrected chi connectivity index (χ0v) is 15.3. The van der Waals surface area contributed by atoms with Crippen LogP contribution in [0.2, 0.25) is 0 Å². The fourth-order valence-corrected chi connectivity index (χ4v) is 3.43. The number of aromatic nitrogens is 1. The third kappa shape index (κ3) is 5.54. The van der Waals surface area contributed by atoms with Crippen molar-refractivity contribution < 1.29 is 8.42 Å². The summed E-state index contributed by atoms with van der Waals surface area (Å²) in [7, 11) is 0.103. The van der Waals surface area contributed by atoms with Gasteiger partial charge in [-0.15, -0.1) is 0 Å². The highest BCUT2D eigenvalue weighted by Crippen LogP contribution is 2.22. The maximum atomic E-state index is 12.3. The summed E-state index contributed by atoms with van der Waals surface area (Å²) in [4.78, 5) is 6.38. The first-order chi connectivity index (χ1) is 9.77. The number of rotatable bonds is 8. The lowest BCUT2D eigenvalue weighted by Gasteiger charge is -2.20. The first kappa shape index (κ1) is 18.3. The minimum absolute atomic E-state index is 0.150. The second-order valence-corrected chi connectivity index (χ2v) is 7.73. The molecule has 1 aromatic heterocycles. The minimum Gasteiger partial charge on any atom is -0.372 e. The van der Waals surface area contributed by atoms with Gasteiger partial charge in [0.1, 0.15) is 10.7 Å². The molecule has 0 amide bonds. The molecule has 0 aromatic carbocycles. The Kier molecular flexibility index (Phi) is 7.05. The average Bonchev–Trinajstić information content (AvgIpc) is 2.43. The number of hydrogen-bond acceptors (Lipinski definition) is 5. The number of pyridine rings is 1. The standard InChI is InChI=1S/C13H23BrN4O2S/c1-10(2)18(4)7-5-6-17-21(19,20)12-8-11(14)9-16-13(12)15-3/h8-10,17H,5-7H2,1-4H3,(H,15,16). The zero-order valence-electron chi connectivity index (χ0n) is 12.9. The van der Waals surface area contributed by atoms with E-state index >= 15 is 0 Å². The first-order valence-electron chi connectivity index (χ1n) is 6.81. The Labute approximate surface area is 135 Å². The molecule has 0 atom stereocenters. The summed E-state index contributed by atoms with van der Waals surface area (Å²) in [6.07, 6.45) is 2.31. The molecule has 0 unspecified atom stereocenters. The van der Waals surface area contributed by atoms with Gasteiger partial charge in [-0.05, 0) is 55.9 Å². The fourth-order valence-electron chi connectivity index (χ4n) is 1.68. The minimum atomic E-state index is -3.57. The number of halogens is 1. The van der Waals surface area contributed by atoms with Crippen LogP contribution in [0.15, 0.2) is 21.6 Å². The maximum Gasteiger partial charge on any atom is 0.244 e. The Hall–Kier alpha value is -0.700. The summed E-state index contributed by atoms with van der Waals surface area (Å²) in [5, 5.41) is 2.79. The van der Waals surface area contributed by atoms with Crippen molar-refractivity contribution in [2.45, 2.75) is 31.2 Å². The van der Waals surface area contributed by atoms with E-state index in [-0.39, 0.29) is 4.90 Å². The van der Waals surface area contributed by atoms with Crippen LogP contribution in [-0.4, -0.2) is 51.5 Å². The van der Waals surface area contributed by atoms with E-state index < -0.39 is 10.0 Å². The van der Waals surface area contributed by atoms with Gasteiger partial charge in [0.2, 0.25) is 10.0 Å². The highest BCUT2D eigenvalue weighted by atomic mass is 79.9. The van der Waals surface area contributed by atoms with Gasteiger partial charge in [0, 0.05) is 30.3 Å². The van der Waals surface area contributed by atoms with Crippen LogP contribution in [0.1, 0.15) is 20.3 Å². The molecule has 21 heavy (non-hydrogen) atoms. The van der Waals surface area contributed by atoms with Gasteiger partial charge in [0.15, 0.2) is 0 Å². The van der Waals surface area contributed by atoms with Crippen molar-refractivity contribution in [1.82, 2.24) is 14.6 Å². The molecule has 1 rings (SSSR count). The Morgan fingerprint density at radius 2 is 2.10 bits per heavy atom. The van der Waals surface area contributed by atoms with Crippen LogP contribution in [0, 0.1) is 0 Å². The quantitative estimate of drug-likeness (QED) is 0.675. The number of hydrogen-bond donors (Lipinski definition) is 2. The highest BCUT2D eigenvalue weighted by molar-refractivity contribution is 9.10. The van der Waals surface area contributed by atoms with E-state index in [1.807, 2.05) is 7.05 Å². The number of nitrogens with zero attached hydrogens (tertiary/aromatic N) is 2. The third-order valence-corrected chi connectivity index (χ3v) is 5.11. The predicted molar refractivity (Wildman–Crippen MR) is 89.1 cm³/mol. The summed E-state index contributed by atoms with van der Waals surface area (Å²) in [6, 6.07) is 1.99. The topological polar surface area (TPSA) is 74.3 Å². The van der Waals surface area contributed by atoms with Crippen LogP contribution < -0.4 is 10.0 Å². The lowest BCUT2D eigenvalue weighted by atomic mass is 10.3. The molecule has 0 saturated heterocycles. The van der Waals surface area contributed by atoms with Crippen molar-refractivity contribution in [3.63, 3.8) is 0 Å². The molecule has 0 saturated carbocycles. The SMILES string of the molecule is CNc1ncc(Br)cc1S(=O)(=O)NCCCN(C)C(C)C. The van der Waals surface area contributed by atoms with E-state index in [1.54, 1.807) is 19.3 Å². The van der Waals surface area contributed by atoms with Crippen LogP contribution in [0.5, 0.6) is 0 Å². The van der Waals surface area contributed by atoms with Gasteiger partial charge in [-0.1, -0.05) is 0 Å². The molecule has 8 heteroatoms. The van der Waals surface area contributed by atoms with Crippen molar-refractivity contribution in [1.29, 1.82) is 0 Å². The largest absolute Gasteiger partial charge is 0.372 e. The van der Waals surface area contributed by atoms with Crippen LogP contribution in [0.3, 0.4) is 0 Å². The van der Waals surface area contributed by atoms with Gasteiger partial charge in [0.05, 0.1) is 0 Å². The van der Waals surface area contributed by atoms with E-state index in [0.29, 0.717) is 22.9 Å². The lowest BCUT2D eigenvalue weighted by Crippen LogP contribution is -2.31. The van der Waals surface area contributed by atoms with Crippen LogP contribution in [-0.2, 0) is 10.0 Å². The summed E-state index contributed by atoms with van der Waals surface area (Å²) >= 11 is 3.25. The molecule has 0 fully saturated rings. The predicted octanol–water partition coefficient (Wildman–Crippen LogP) is 1.89. The Morgan fingerprint density at radius 1 is 1.43 bits per heavy atom. The summed E-state index contributed by atoms with van der Waals surface area (Å²) in [6.45, 7) is 5.46. The summed E-state index contributed by atoms with van der Waals surface area (Å²) in [5.74, 6) is 0.338. The second-order valence-electron chi connectivity index (χ2n) is 5.08. The zero-order chi connectivity index (χ0) is 16.0. The van der Waals surface area contributed by atoms with Gasteiger partial charge in [-0.25, -0.2) is 18.1 Å². The molecule has 0 aliphatic heterocycles. The molecule has 120 valence electrons. The van der Waals surface area contributed by atoms with E-state index in [0.717, 1.165) is 13.0 Å². The van der Waals surface area contributed by atoms with Gasteiger partial charge in [-0.3, -0.25) is 0 Å². The normalized spacial score (nSPS) is 12.1. The number of anilines is 1.